The Balaban J connectivity index is 1.86. The highest BCUT2D eigenvalue weighted by Crippen LogP contribution is 2.17. The van der Waals surface area contributed by atoms with Crippen molar-refractivity contribution in [1.82, 2.24) is 15.5 Å². The van der Waals surface area contributed by atoms with E-state index in [9.17, 15) is 0 Å². The van der Waals surface area contributed by atoms with Crippen LogP contribution in [0, 0.1) is 5.92 Å². The first-order chi connectivity index (χ1) is 6.45. The molecule has 0 spiro atoms. The second-order valence-electron chi connectivity index (χ2n) is 3.58. The summed E-state index contributed by atoms with van der Waals surface area (Å²) < 4.78 is 5.13. The molecule has 1 unspecified atom stereocenters. The van der Waals surface area contributed by atoms with Gasteiger partial charge in [0.1, 0.15) is 0 Å². The molecule has 1 aliphatic heterocycles. The highest BCUT2D eigenvalue weighted by atomic mass is 16.4. The van der Waals surface area contributed by atoms with Crippen LogP contribution in [0.5, 0.6) is 0 Å². The smallest absolute Gasteiger partial charge is 0.216 e. The number of rotatable bonds is 2. The van der Waals surface area contributed by atoms with Crippen LogP contribution in [-0.4, -0.2) is 23.3 Å². The highest BCUT2D eigenvalue weighted by molar-refractivity contribution is 4.79. The Morgan fingerprint density at radius 1 is 1.46 bits per heavy atom. The van der Waals surface area contributed by atoms with Gasteiger partial charge >= 0.3 is 0 Å². The first kappa shape index (κ1) is 8.69. The maximum Gasteiger partial charge on any atom is 0.216 e. The molecule has 1 N–H and O–H groups in total. The highest BCUT2D eigenvalue weighted by Gasteiger charge is 2.14. The van der Waals surface area contributed by atoms with Crippen molar-refractivity contribution >= 4 is 0 Å². The lowest BCUT2D eigenvalue weighted by Gasteiger charge is -2.09. The molecule has 1 aromatic rings. The van der Waals surface area contributed by atoms with Gasteiger partial charge in [0.2, 0.25) is 12.3 Å². The van der Waals surface area contributed by atoms with Crippen LogP contribution in [-0.2, 0) is 6.42 Å². The van der Waals surface area contributed by atoms with Crippen molar-refractivity contribution < 1.29 is 4.42 Å². The molecule has 1 atom stereocenters. The van der Waals surface area contributed by atoms with Gasteiger partial charge in [-0.3, -0.25) is 0 Å². The molecule has 2 heterocycles. The minimum atomic E-state index is 0.718. The number of nitrogens with zero attached hydrogens (tertiary/aromatic N) is 2. The molecular weight excluding hydrogens is 166 g/mol. The third-order valence-electron chi connectivity index (χ3n) is 2.56. The van der Waals surface area contributed by atoms with Gasteiger partial charge in [0.15, 0.2) is 0 Å². The molecule has 4 nitrogen and oxygen atoms in total. The summed E-state index contributed by atoms with van der Waals surface area (Å²) in [5.41, 5.74) is 0. The van der Waals surface area contributed by atoms with E-state index in [0.717, 1.165) is 31.3 Å². The molecule has 0 aromatic carbocycles. The van der Waals surface area contributed by atoms with Gasteiger partial charge in [-0.1, -0.05) is 0 Å². The van der Waals surface area contributed by atoms with Gasteiger partial charge in [-0.05, 0) is 38.3 Å². The van der Waals surface area contributed by atoms with E-state index in [0.29, 0.717) is 0 Å². The molecule has 0 aliphatic carbocycles. The molecule has 1 aromatic heterocycles. The second kappa shape index (κ2) is 4.37. The minimum absolute atomic E-state index is 0.718. The molecule has 1 fully saturated rings. The Labute approximate surface area is 77.7 Å². The largest absolute Gasteiger partial charge is 0.428 e. The van der Waals surface area contributed by atoms with Crippen LogP contribution < -0.4 is 5.32 Å². The van der Waals surface area contributed by atoms with E-state index in [4.69, 9.17) is 4.42 Å². The van der Waals surface area contributed by atoms with Crippen LogP contribution >= 0.6 is 0 Å². The van der Waals surface area contributed by atoms with Gasteiger partial charge in [-0.15, -0.1) is 10.2 Å². The fourth-order valence-electron chi connectivity index (χ4n) is 1.83. The Hall–Kier alpha value is -0.900. The van der Waals surface area contributed by atoms with E-state index in [-0.39, 0.29) is 0 Å². The number of aromatic nitrogens is 2. The predicted octanol–water partition coefficient (Wildman–Crippen LogP) is 1.00. The summed E-state index contributed by atoms with van der Waals surface area (Å²) in [4.78, 5) is 0. The topological polar surface area (TPSA) is 51.0 Å². The molecule has 72 valence electrons. The van der Waals surface area contributed by atoms with Gasteiger partial charge in [0.05, 0.1) is 0 Å². The summed E-state index contributed by atoms with van der Waals surface area (Å²) in [6.45, 7) is 2.28. The third-order valence-corrected chi connectivity index (χ3v) is 2.56. The first-order valence-corrected chi connectivity index (χ1v) is 4.91. The van der Waals surface area contributed by atoms with E-state index in [2.05, 4.69) is 15.5 Å². The van der Waals surface area contributed by atoms with Gasteiger partial charge < -0.3 is 9.73 Å². The van der Waals surface area contributed by atoms with Crippen LogP contribution in [0.2, 0.25) is 0 Å². The molecular formula is C9H15N3O. The maximum absolute atomic E-state index is 5.13. The lowest BCUT2D eigenvalue weighted by Crippen LogP contribution is -2.14. The van der Waals surface area contributed by atoms with Gasteiger partial charge in [-0.2, -0.15) is 0 Å². The summed E-state index contributed by atoms with van der Waals surface area (Å²) in [5, 5.41) is 11.0. The van der Waals surface area contributed by atoms with Crippen molar-refractivity contribution in [1.29, 1.82) is 0 Å². The monoisotopic (exact) mass is 181 g/mol. The molecule has 2 rings (SSSR count). The van der Waals surface area contributed by atoms with Gasteiger partial charge in [0, 0.05) is 6.42 Å². The average molecular weight is 181 g/mol. The zero-order valence-corrected chi connectivity index (χ0v) is 7.70. The van der Waals surface area contributed by atoms with E-state index in [1.807, 2.05) is 0 Å². The summed E-state index contributed by atoms with van der Waals surface area (Å²) >= 11 is 0. The zero-order chi connectivity index (χ0) is 8.93. The predicted molar refractivity (Wildman–Crippen MR) is 48.2 cm³/mol. The van der Waals surface area contributed by atoms with Crippen molar-refractivity contribution in [2.24, 2.45) is 5.92 Å². The van der Waals surface area contributed by atoms with Crippen LogP contribution in [0.3, 0.4) is 0 Å². The van der Waals surface area contributed by atoms with Gasteiger partial charge in [-0.25, -0.2) is 0 Å². The molecule has 1 aliphatic rings. The Morgan fingerprint density at radius 3 is 3.31 bits per heavy atom. The van der Waals surface area contributed by atoms with Crippen LogP contribution in [0.25, 0.3) is 0 Å². The fourth-order valence-corrected chi connectivity index (χ4v) is 1.83. The quantitative estimate of drug-likeness (QED) is 0.739. The summed E-state index contributed by atoms with van der Waals surface area (Å²) in [5.74, 6) is 1.50. The molecule has 1 saturated heterocycles. The third kappa shape index (κ3) is 2.52. The Kier molecular flexibility index (Phi) is 2.92. The normalized spacial score (nSPS) is 24.2. The van der Waals surface area contributed by atoms with Crippen LogP contribution in [0.1, 0.15) is 25.2 Å². The van der Waals surface area contributed by atoms with E-state index >= 15 is 0 Å². The Morgan fingerprint density at radius 2 is 2.46 bits per heavy atom. The van der Waals surface area contributed by atoms with E-state index in [1.54, 1.807) is 0 Å². The molecule has 4 heteroatoms. The fraction of sp³-hybridized carbons (Fsp3) is 0.778. The van der Waals surface area contributed by atoms with Crippen molar-refractivity contribution in [3.05, 3.63) is 12.3 Å². The Bertz CT molecular complexity index is 227. The zero-order valence-electron chi connectivity index (χ0n) is 7.70. The van der Waals surface area contributed by atoms with E-state index in [1.165, 1.54) is 25.7 Å². The van der Waals surface area contributed by atoms with Gasteiger partial charge in [0.25, 0.3) is 0 Å². The van der Waals surface area contributed by atoms with Crippen LogP contribution in [0.15, 0.2) is 10.8 Å². The molecule has 13 heavy (non-hydrogen) atoms. The standard InChI is InChI=1S/C9H15N3O/c1-2-8(3-5-10-4-1)6-9-12-11-7-13-9/h7-8,10H,1-6H2. The molecule has 0 radical (unpaired) electrons. The minimum Gasteiger partial charge on any atom is -0.428 e. The molecule has 0 bridgehead atoms. The molecule has 0 saturated carbocycles. The summed E-state index contributed by atoms with van der Waals surface area (Å²) in [6, 6.07) is 0. The van der Waals surface area contributed by atoms with Crippen molar-refractivity contribution in [2.75, 3.05) is 13.1 Å². The number of hydrogen-bond acceptors (Lipinski definition) is 4. The van der Waals surface area contributed by atoms with Crippen LogP contribution in [0.4, 0.5) is 0 Å². The van der Waals surface area contributed by atoms with E-state index < -0.39 is 0 Å². The van der Waals surface area contributed by atoms with Crippen molar-refractivity contribution in [3.63, 3.8) is 0 Å². The maximum atomic E-state index is 5.13. The van der Waals surface area contributed by atoms with Crippen molar-refractivity contribution in [2.45, 2.75) is 25.7 Å². The second-order valence-corrected chi connectivity index (χ2v) is 3.58. The summed E-state index contributed by atoms with van der Waals surface area (Å²) in [7, 11) is 0. The first-order valence-electron chi connectivity index (χ1n) is 4.91. The lowest BCUT2D eigenvalue weighted by molar-refractivity contribution is 0.400. The number of nitrogens with one attached hydrogen (secondary N) is 1. The molecule has 0 amide bonds. The lowest BCUT2D eigenvalue weighted by atomic mass is 9.97. The average Bonchev–Trinajstić information content (AvgIpc) is 2.49. The SMILES string of the molecule is c1nnc(CC2CCCNCC2)o1. The number of hydrogen-bond donors (Lipinski definition) is 1. The summed E-state index contributed by atoms with van der Waals surface area (Å²) in [6.07, 6.45) is 6.11. The van der Waals surface area contributed by atoms with Crippen molar-refractivity contribution in [3.8, 4) is 0 Å².